The number of anilines is 1. The Hall–Kier alpha value is -1.62. The minimum Gasteiger partial charge on any atom is -0.323 e. The van der Waals surface area contributed by atoms with Crippen molar-refractivity contribution >= 4 is 27.5 Å². The Labute approximate surface area is 119 Å². The summed E-state index contributed by atoms with van der Waals surface area (Å²) in [6, 6.07) is 8.19. The van der Waals surface area contributed by atoms with E-state index in [1.807, 2.05) is 19.2 Å². The van der Waals surface area contributed by atoms with Gasteiger partial charge >= 0.3 is 0 Å². The Morgan fingerprint density at radius 2 is 2.16 bits per heavy atom. The number of nitrogens with one attached hydrogen (secondary N) is 1. The molecule has 1 aromatic carbocycles. The van der Waals surface area contributed by atoms with Crippen LogP contribution in [0, 0.1) is 5.92 Å². The molecule has 1 amide bonds. The molecule has 98 valence electrons. The van der Waals surface area contributed by atoms with Gasteiger partial charge in [-0.1, -0.05) is 28.1 Å². The van der Waals surface area contributed by atoms with Crippen LogP contribution in [-0.2, 0) is 11.8 Å². The van der Waals surface area contributed by atoms with E-state index >= 15 is 0 Å². The lowest BCUT2D eigenvalue weighted by atomic mass is 10.1. The maximum absolute atomic E-state index is 12.1. The number of hydrogen-bond donors (Lipinski definition) is 1. The number of carbonyl (C=O) groups excluding carboxylic acids is 1. The molecule has 3 rings (SSSR count). The van der Waals surface area contributed by atoms with Crippen LogP contribution in [0.1, 0.15) is 17.9 Å². The third kappa shape index (κ3) is 2.71. The van der Waals surface area contributed by atoms with E-state index in [0.29, 0.717) is 5.92 Å². The molecule has 0 unspecified atom stereocenters. The minimum atomic E-state index is 0.0842. The molecule has 1 N–H and O–H groups in total. The summed E-state index contributed by atoms with van der Waals surface area (Å²) in [6.45, 7) is 0. The van der Waals surface area contributed by atoms with Gasteiger partial charge in [0.15, 0.2) is 0 Å². The third-order valence-corrected chi connectivity index (χ3v) is 3.93. The smallest absolute Gasteiger partial charge is 0.228 e. The molecule has 2 aromatic rings. The topological polar surface area (TPSA) is 46.9 Å². The first-order valence-electron chi connectivity index (χ1n) is 6.18. The van der Waals surface area contributed by atoms with Crippen molar-refractivity contribution in [1.29, 1.82) is 0 Å². The van der Waals surface area contributed by atoms with Crippen LogP contribution in [0.25, 0.3) is 0 Å². The molecule has 1 aliphatic rings. The fourth-order valence-electron chi connectivity index (χ4n) is 2.28. The van der Waals surface area contributed by atoms with E-state index < -0.39 is 0 Å². The van der Waals surface area contributed by atoms with Gasteiger partial charge in [0.25, 0.3) is 0 Å². The lowest BCUT2D eigenvalue weighted by Crippen LogP contribution is -2.14. The highest BCUT2D eigenvalue weighted by Gasteiger charge is 2.43. The summed E-state index contributed by atoms with van der Waals surface area (Å²) < 4.78 is 2.74. The zero-order valence-corrected chi connectivity index (χ0v) is 12.1. The van der Waals surface area contributed by atoms with Crippen molar-refractivity contribution in [2.75, 3.05) is 5.32 Å². The number of nitrogens with zero attached hydrogens (tertiary/aromatic N) is 2. The van der Waals surface area contributed by atoms with Crippen LogP contribution in [-0.4, -0.2) is 15.7 Å². The van der Waals surface area contributed by atoms with Crippen molar-refractivity contribution in [2.45, 2.75) is 12.3 Å². The molecular formula is C14H14BrN3O. The van der Waals surface area contributed by atoms with Crippen LogP contribution >= 0.6 is 15.9 Å². The minimum absolute atomic E-state index is 0.0842. The van der Waals surface area contributed by atoms with E-state index in [1.54, 1.807) is 17.1 Å². The van der Waals surface area contributed by atoms with Crippen LogP contribution in [0.3, 0.4) is 0 Å². The summed E-state index contributed by atoms with van der Waals surface area (Å²) in [4.78, 5) is 12.1. The predicted molar refractivity (Wildman–Crippen MR) is 76.8 cm³/mol. The Bertz CT molecular complexity index is 605. The van der Waals surface area contributed by atoms with Crippen molar-refractivity contribution in [2.24, 2.45) is 13.0 Å². The maximum atomic E-state index is 12.1. The number of rotatable bonds is 3. The highest BCUT2D eigenvalue weighted by molar-refractivity contribution is 9.10. The average molecular weight is 320 g/mol. The summed E-state index contributed by atoms with van der Waals surface area (Å²) in [5.41, 5.74) is 1.99. The van der Waals surface area contributed by atoms with Crippen molar-refractivity contribution in [1.82, 2.24) is 9.78 Å². The first kappa shape index (κ1) is 12.4. The number of aromatic nitrogens is 2. The fraction of sp³-hybridized carbons (Fsp3) is 0.286. The monoisotopic (exact) mass is 319 g/mol. The molecule has 1 saturated carbocycles. The van der Waals surface area contributed by atoms with E-state index in [-0.39, 0.29) is 11.8 Å². The Balaban J connectivity index is 1.63. The van der Waals surface area contributed by atoms with Gasteiger partial charge in [-0.3, -0.25) is 9.48 Å². The summed E-state index contributed by atoms with van der Waals surface area (Å²) in [5, 5.41) is 6.94. The SMILES string of the molecule is Cn1cc(NC(=O)[C@@H]2C[C@@H]2c2ccc(Br)cc2)cn1. The second-order valence-electron chi connectivity index (χ2n) is 4.89. The number of aryl methyl sites for hydroxylation is 1. The number of halogens is 1. The largest absolute Gasteiger partial charge is 0.323 e. The van der Waals surface area contributed by atoms with Gasteiger partial charge in [-0.2, -0.15) is 5.10 Å². The molecule has 1 fully saturated rings. The maximum Gasteiger partial charge on any atom is 0.228 e. The van der Waals surface area contributed by atoms with Crippen LogP contribution in [0.4, 0.5) is 5.69 Å². The van der Waals surface area contributed by atoms with E-state index in [1.165, 1.54) is 5.56 Å². The molecule has 5 heteroatoms. The summed E-state index contributed by atoms with van der Waals surface area (Å²) in [5.74, 6) is 0.520. The quantitative estimate of drug-likeness (QED) is 0.945. The Morgan fingerprint density at radius 3 is 2.79 bits per heavy atom. The second kappa shape index (κ2) is 4.81. The van der Waals surface area contributed by atoms with Gasteiger partial charge in [0.05, 0.1) is 11.9 Å². The number of hydrogen-bond acceptors (Lipinski definition) is 2. The number of carbonyl (C=O) groups is 1. The highest BCUT2D eigenvalue weighted by Crippen LogP contribution is 2.48. The molecule has 1 aromatic heterocycles. The van der Waals surface area contributed by atoms with Gasteiger partial charge in [0.1, 0.15) is 0 Å². The van der Waals surface area contributed by atoms with E-state index in [4.69, 9.17) is 0 Å². The van der Waals surface area contributed by atoms with E-state index in [0.717, 1.165) is 16.6 Å². The molecule has 0 bridgehead atoms. The second-order valence-corrected chi connectivity index (χ2v) is 5.81. The molecule has 0 spiro atoms. The van der Waals surface area contributed by atoms with Gasteiger partial charge in [-0.15, -0.1) is 0 Å². The molecule has 1 aliphatic carbocycles. The van der Waals surface area contributed by atoms with Crippen molar-refractivity contribution in [3.63, 3.8) is 0 Å². The van der Waals surface area contributed by atoms with Crippen molar-refractivity contribution in [3.8, 4) is 0 Å². The first-order chi connectivity index (χ1) is 9.13. The third-order valence-electron chi connectivity index (χ3n) is 3.40. The molecule has 2 atom stereocenters. The van der Waals surface area contributed by atoms with Gasteiger partial charge in [-0.25, -0.2) is 0 Å². The summed E-state index contributed by atoms with van der Waals surface area (Å²) >= 11 is 3.42. The van der Waals surface area contributed by atoms with Crippen molar-refractivity contribution in [3.05, 3.63) is 46.7 Å². The van der Waals surface area contributed by atoms with Crippen LogP contribution < -0.4 is 5.32 Å². The summed E-state index contributed by atoms with van der Waals surface area (Å²) in [7, 11) is 1.83. The fourth-order valence-corrected chi connectivity index (χ4v) is 2.55. The van der Waals surface area contributed by atoms with Gasteiger partial charge in [0.2, 0.25) is 5.91 Å². The average Bonchev–Trinajstić information content (AvgIpc) is 3.08. The molecule has 0 saturated heterocycles. The van der Waals surface area contributed by atoms with Crippen LogP contribution in [0.5, 0.6) is 0 Å². The molecule has 19 heavy (non-hydrogen) atoms. The van der Waals surface area contributed by atoms with Crippen LogP contribution in [0.15, 0.2) is 41.1 Å². The highest BCUT2D eigenvalue weighted by atomic mass is 79.9. The molecule has 0 aliphatic heterocycles. The molecule has 0 radical (unpaired) electrons. The number of benzene rings is 1. The van der Waals surface area contributed by atoms with Gasteiger partial charge in [0, 0.05) is 23.6 Å². The first-order valence-corrected chi connectivity index (χ1v) is 6.98. The lowest BCUT2D eigenvalue weighted by molar-refractivity contribution is -0.117. The normalized spacial score (nSPS) is 21.2. The van der Waals surface area contributed by atoms with E-state index in [9.17, 15) is 4.79 Å². The van der Waals surface area contributed by atoms with Gasteiger partial charge in [-0.05, 0) is 30.0 Å². The standard InChI is InChI=1S/C14H14BrN3O/c1-18-8-11(7-16-18)17-14(19)13-6-12(13)9-2-4-10(15)5-3-9/h2-5,7-8,12-13H,6H2,1H3,(H,17,19)/t12-,13-/m1/s1. The zero-order chi connectivity index (χ0) is 13.4. The molecule has 1 heterocycles. The Morgan fingerprint density at radius 1 is 1.42 bits per heavy atom. The molecular weight excluding hydrogens is 306 g/mol. The summed E-state index contributed by atoms with van der Waals surface area (Å²) in [6.07, 6.45) is 4.39. The molecule has 4 nitrogen and oxygen atoms in total. The van der Waals surface area contributed by atoms with Crippen LogP contribution in [0.2, 0.25) is 0 Å². The van der Waals surface area contributed by atoms with Crippen molar-refractivity contribution < 1.29 is 4.79 Å². The van der Waals surface area contributed by atoms with E-state index in [2.05, 4.69) is 38.5 Å². The predicted octanol–water partition coefficient (Wildman–Crippen LogP) is 2.92. The lowest BCUT2D eigenvalue weighted by Gasteiger charge is -2.02. The number of amides is 1. The van der Waals surface area contributed by atoms with Gasteiger partial charge < -0.3 is 5.32 Å². The Kier molecular flexibility index (Phi) is 3.14. The zero-order valence-electron chi connectivity index (χ0n) is 10.5.